The predicted molar refractivity (Wildman–Crippen MR) is 124 cm³/mol. The molecule has 1 aromatic heterocycles. The molecule has 0 aliphatic carbocycles. The average Bonchev–Trinajstić information content (AvgIpc) is 2.75. The van der Waals surface area contributed by atoms with Crippen molar-refractivity contribution in [2.45, 2.75) is 13.8 Å². The number of halogens is 1. The highest BCUT2D eigenvalue weighted by Crippen LogP contribution is 2.24. The summed E-state index contributed by atoms with van der Waals surface area (Å²) in [5.41, 5.74) is 2.69. The SMILES string of the molecule is CC(=O)Oc1cccc(/C=C/c2nc3ccccc3c(=O)n2-c2cccc(Cl)c2C)c1. The smallest absolute Gasteiger partial charge is 0.308 e. The third-order valence-corrected chi connectivity index (χ3v) is 5.24. The highest BCUT2D eigenvalue weighted by molar-refractivity contribution is 6.31. The lowest BCUT2D eigenvalue weighted by atomic mass is 10.1. The van der Waals surface area contributed by atoms with Crippen molar-refractivity contribution in [3.63, 3.8) is 0 Å². The summed E-state index contributed by atoms with van der Waals surface area (Å²) in [5, 5.41) is 1.09. The van der Waals surface area contributed by atoms with Crippen molar-refractivity contribution in [3.05, 3.63) is 99.1 Å². The molecule has 0 saturated heterocycles. The van der Waals surface area contributed by atoms with Crippen LogP contribution in [0.1, 0.15) is 23.9 Å². The summed E-state index contributed by atoms with van der Waals surface area (Å²) >= 11 is 6.32. The fourth-order valence-electron chi connectivity index (χ4n) is 3.35. The van der Waals surface area contributed by atoms with Gasteiger partial charge in [-0.25, -0.2) is 4.98 Å². The topological polar surface area (TPSA) is 61.2 Å². The molecule has 5 nitrogen and oxygen atoms in total. The van der Waals surface area contributed by atoms with E-state index < -0.39 is 0 Å². The minimum atomic E-state index is -0.386. The molecule has 4 aromatic rings. The van der Waals surface area contributed by atoms with E-state index in [9.17, 15) is 9.59 Å². The highest BCUT2D eigenvalue weighted by atomic mass is 35.5. The molecular formula is C25H19ClN2O3. The first-order valence-electron chi connectivity index (χ1n) is 9.68. The van der Waals surface area contributed by atoms with Gasteiger partial charge in [-0.15, -0.1) is 0 Å². The Balaban J connectivity index is 1.89. The van der Waals surface area contributed by atoms with Crippen LogP contribution in [0.2, 0.25) is 5.02 Å². The summed E-state index contributed by atoms with van der Waals surface area (Å²) < 4.78 is 6.71. The summed E-state index contributed by atoms with van der Waals surface area (Å²) in [4.78, 5) is 29.3. The number of carbonyl (C=O) groups excluding carboxylic acids is 1. The standard InChI is InChI=1S/C25H19ClN2O3/c1-16-21(26)10-6-12-23(16)28-24(27-22-11-4-3-9-20(22)25(28)30)14-13-18-7-5-8-19(15-18)31-17(2)29/h3-15H,1-2H3/b14-13+. The average molecular weight is 431 g/mol. The normalized spacial score (nSPS) is 11.2. The van der Waals surface area contributed by atoms with Crippen molar-refractivity contribution in [1.82, 2.24) is 9.55 Å². The van der Waals surface area contributed by atoms with Gasteiger partial charge in [0.1, 0.15) is 11.6 Å². The third kappa shape index (κ3) is 4.27. The van der Waals surface area contributed by atoms with Crippen LogP contribution in [0.3, 0.4) is 0 Å². The lowest BCUT2D eigenvalue weighted by molar-refractivity contribution is -0.131. The molecule has 0 saturated carbocycles. The number of benzene rings is 3. The van der Waals surface area contributed by atoms with Gasteiger partial charge in [0.25, 0.3) is 5.56 Å². The van der Waals surface area contributed by atoms with Crippen LogP contribution in [-0.4, -0.2) is 15.5 Å². The van der Waals surface area contributed by atoms with E-state index in [0.717, 1.165) is 11.1 Å². The zero-order valence-electron chi connectivity index (χ0n) is 17.0. The Morgan fingerprint density at radius 3 is 2.61 bits per heavy atom. The summed E-state index contributed by atoms with van der Waals surface area (Å²) in [6, 6.07) is 19.8. The van der Waals surface area contributed by atoms with E-state index in [4.69, 9.17) is 21.3 Å². The lowest BCUT2D eigenvalue weighted by Crippen LogP contribution is -2.23. The largest absolute Gasteiger partial charge is 0.427 e. The van der Waals surface area contributed by atoms with Crippen molar-refractivity contribution < 1.29 is 9.53 Å². The van der Waals surface area contributed by atoms with Gasteiger partial charge in [-0.3, -0.25) is 14.2 Å². The molecule has 0 atom stereocenters. The lowest BCUT2D eigenvalue weighted by Gasteiger charge is -2.14. The molecule has 6 heteroatoms. The Bertz CT molecular complexity index is 1390. The van der Waals surface area contributed by atoms with E-state index in [2.05, 4.69) is 0 Å². The Morgan fingerprint density at radius 1 is 1.03 bits per heavy atom. The molecule has 0 amide bonds. The van der Waals surface area contributed by atoms with Gasteiger partial charge in [0.05, 0.1) is 16.6 Å². The van der Waals surface area contributed by atoms with Crippen LogP contribution >= 0.6 is 11.6 Å². The maximum atomic E-state index is 13.4. The fourth-order valence-corrected chi connectivity index (χ4v) is 3.52. The summed E-state index contributed by atoms with van der Waals surface area (Å²) in [7, 11) is 0. The van der Waals surface area contributed by atoms with Crippen LogP contribution < -0.4 is 10.3 Å². The molecule has 0 aliphatic heterocycles. The van der Waals surface area contributed by atoms with Crippen molar-refractivity contribution in [1.29, 1.82) is 0 Å². The first kappa shape index (κ1) is 20.6. The van der Waals surface area contributed by atoms with E-state index in [1.54, 1.807) is 41.0 Å². The minimum absolute atomic E-state index is 0.177. The van der Waals surface area contributed by atoms with Gasteiger partial charge in [0.2, 0.25) is 0 Å². The van der Waals surface area contributed by atoms with Gasteiger partial charge in [-0.1, -0.05) is 48.0 Å². The van der Waals surface area contributed by atoms with E-state index in [1.165, 1.54) is 6.92 Å². The molecule has 0 fully saturated rings. The quantitative estimate of drug-likeness (QED) is 0.319. The number of rotatable bonds is 4. The van der Waals surface area contributed by atoms with Crippen molar-refractivity contribution >= 4 is 40.6 Å². The van der Waals surface area contributed by atoms with Crippen LogP contribution in [0.5, 0.6) is 5.75 Å². The first-order chi connectivity index (χ1) is 14.9. The molecule has 3 aromatic carbocycles. The zero-order chi connectivity index (χ0) is 22.0. The van der Waals surface area contributed by atoms with Gasteiger partial charge in [0, 0.05) is 11.9 Å². The number of esters is 1. The molecule has 0 radical (unpaired) electrons. The maximum absolute atomic E-state index is 13.4. The zero-order valence-corrected chi connectivity index (χ0v) is 17.8. The monoisotopic (exact) mass is 430 g/mol. The fraction of sp³-hybridized carbons (Fsp3) is 0.0800. The van der Waals surface area contributed by atoms with Crippen molar-refractivity contribution in [2.75, 3.05) is 0 Å². The number of hydrogen-bond acceptors (Lipinski definition) is 4. The Morgan fingerprint density at radius 2 is 1.81 bits per heavy atom. The second-order valence-electron chi connectivity index (χ2n) is 7.01. The Hall–Kier alpha value is -3.70. The number of para-hydroxylation sites is 1. The predicted octanol–water partition coefficient (Wildman–Crippen LogP) is 5.44. The van der Waals surface area contributed by atoms with Gasteiger partial charge in [0.15, 0.2) is 0 Å². The molecule has 1 heterocycles. The first-order valence-corrected chi connectivity index (χ1v) is 10.1. The van der Waals surface area contributed by atoms with Crippen molar-refractivity contribution in [2.24, 2.45) is 0 Å². The number of hydrogen-bond donors (Lipinski definition) is 0. The maximum Gasteiger partial charge on any atom is 0.308 e. The van der Waals surface area contributed by atoms with Crippen LogP contribution in [0.25, 0.3) is 28.7 Å². The van der Waals surface area contributed by atoms with Crippen LogP contribution in [0.15, 0.2) is 71.5 Å². The Kier molecular flexibility index (Phi) is 5.69. The van der Waals surface area contributed by atoms with E-state index in [-0.39, 0.29) is 11.5 Å². The molecule has 4 rings (SSSR count). The molecular weight excluding hydrogens is 412 g/mol. The molecule has 31 heavy (non-hydrogen) atoms. The molecule has 0 bridgehead atoms. The van der Waals surface area contributed by atoms with Crippen molar-refractivity contribution in [3.8, 4) is 11.4 Å². The molecule has 0 aliphatic rings. The van der Waals surface area contributed by atoms with Gasteiger partial charge >= 0.3 is 5.97 Å². The third-order valence-electron chi connectivity index (χ3n) is 4.83. The number of fused-ring (bicyclic) bond motifs is 1. The molecule has 0 spiro atoms. The second-order valence-corrected chi connectivity index (χ2v) is 7.42. The second kappa shape index (κ2) is 8.58. The van der Waals surface area contributed by atoms with Gasteiger partial charge in [-0.05, 0) is 60.5 Å². The van der Waals surface area contributed by atoms with Crippen LogP contribution in [0, 0.1) is 6.92 Å². The van der Waals surface area contributed by atoms with Gasteiger partial charge in [-0.2, -0.15) is 0 Å². The number of carbonyl (C=O) groups is 1. The summed E-state index contributed by atoms with van der Waals surface area (Å²) in [5.74, 6) is 0.527. The molecule has 0 N–H and O–H groups in total. The number of nitrogens with zero attached hydrogens (tertiary/aromatic N) is 2. The Labute approximate surface area is 184 Å². The van der Waals surface area contributed by atoms with Gasteiger partial charge < -0.3 is 4.74 Å². The molecule has 154 valence electrons. The van der Waals surface area contributed by atoms with E-state index in [1.807, 2.05) is 49.4 Å². The summed E-state index contributed by atoms with van der Waals surface area (Å²) in [6.07, 6.45) is 3.58. The van der Waals surface area contributed by atoms with Crippen LogP contribution in [-0.2, 0) is 4.79 Å². The minimum Gasteiger partial charge on any atom is -0.427 e. The van der Waals surface area contributed by atoms with E-state index >= 15 is 0 Å². The van der Waals surface area contributed by atoms with Crippen LogP contribution in [0.4, 0.5) is 0 Å². The number of aromatic nitrogens is 2. The number of ether oxygens (including phenoxy) is 1. The van der Waals surface area contributed by atoms with E-state index in [0.29, 0.717) is 33.2 Å². The molecule has 0 unspecified atom stereocenters. The summed E-state index contributed by atoms with van der Waals surface area (Å²) in [6.45, 7) is 3.23. The highest BCUT2D eigenvalue weighted by Gasteiger charge is 2.14.